The largest absolute Gasteiger partial charge is 0.261 e. The smallest absolute Gasteiger partial charge is 0.230 e. The minimum atomic E-state index is 0.243. The number of guanidine groups is 1. The lowest BCUT2D eigenvalue weighted by Gasteiger charge is -1.88. The Morgan fingerprint density at radius 3 is 2.62 bits per heavy atom. The van der Waals surface area contributed by atoms with Gasteiger partial charge in [0, 0.05) is 7.05 Å². The number of nitrogens with zero attached hydrogens (tertiary/aromatic N) is 3. The highest BCUT2D eigenvalue weighted by molar-refractivity contribution is 5.84. The predicted octanol–water partition coefficient (Wildman–Crippen LogP) is -0.257. The van der Waals surface area contributed by atoms with Crippen LogP contribution in [0.2, 0.25) is 0 Å². The van der Waals surface area contributed by atoms with Crippen molar-refractivity contribution in [3.05, 3.63) is 0 Å². The summed E-state index contributed by atoms with van der Waals surface area (Å²) in [6, 6.07) is 0. The summed E-state index contributed by atoms with van der Waals surface area (Å²) in [6.45, 7) is 3.16. The molecule has 0 saturated heterocycles. The van der Waals surface area contributed by atoms with E-state index in [9.17, 15) is 0 Å². The van der Waals surface area contributed by atoms with Crippen molar-refractivity contribution in [2.45, 2.75) is 0 Å². The van der Waals surface area contributed by atoms with Gasteiger partial charge in [-0.2, -0.15) is 5.26 Å². The molecule has 0 aromatic rings. The highest BCUT2D eigenvalue weighted by atomic mass is 15.1. The zero-order valence-electron chi connectivity index (χ0n) is 4.55. The van der Waals surface area contributed by atoms with E-state index in [1.165, 1.54) is 7.05 Å². The van der Waals surface area contributed by atoms with Gasteiger partial charge in [-0.15, -0.1) is 0 Å². The molecule has 0 aliphatic heterocycles. The molecule has 0 bridgehead atoms. The molecule has 4 nitrogen and oxygen atoms in total. The van der Waals surface area contributed by atoms with E-state index in [1.54, 1.807) is 6.19 Å². The van der Waals surface area contributed by atoms with Gasteiger partial charge in [-0.1, -0.05) is 0 Å². The molecule has 0 fully saturated rings. The first kappa shape index (κ1) is 6.63. The summed E-state index contributed by atoms with van der Waals surface area (Å²) in [7, 11) is 1.52. The van der Waals surface area contributed by atoms with Crippen molar-refractivity contribution in [2.24, 2.45) is 9.98 Å². The summed E-state index contributed by atoms with van der Waals surface area (Å²) in [5.41, 5.74) is 0. The molecule has 8 heavy (non-hydrogen) atoms. The minimum Gasteiger partial charge on any atom is -0.261 e. The van der Waals surface area contributed by atoms with E-state index in [4.69, 9.17) is 5.26 Å². The highest BCUT2D eigenvalue weighted by Gasteiger charge is 1.83. The Hall–Kier alpha value is -1.37. The lowest BCUT2D eigenvalue weighted by molar-refractivity contribution is 1.20. The second kappa shape index (κ2) is 3.81. The van der Waals surface area contributed by atoms with E-state index in [-0.39, 0.29) is 5.96 Å². The lowest BCUT2D eigenvalue weighted by atomic mass is 10.9. The second-order valence-electron chi connectivity index (χ2n) is 0.942. The molecule has 0 aromatic carbocycles. The first-order valence-corrected chi connectivity index (χ1v) is 1.93. The lowest BCUT2D eigenvalue weighted by Crippen LogP contribution is -2.13. The average Bonchev–Trinajstić information content (AvgIpc) is 1.83. The molecule has 0 saturated carbocycles. The van der Waals surface area contributed by atoms with Gasteiger partial charge in [0.15, 0.2) is 6.19 Å². The first-order chi connectivity index (χ1) is 3.85. The fourth-order valence-electron chi connectivity index (χ4n) is 0.216. The van der Waals surface area contributed by atoms with Gasteiger partial charge in [0.1, 0.15) is 0 Å². The van der Waals surface area contributed by atoms with Gasteiger partial charge < -0.3 is 0 Å². The van der Waals surface area contributed by atoms with Crippen molar-refractivity contribution in [1.82, 2.24) is 5.32 Å². The number of nitriles is 1. The molecular weight excluding hydrogens is 104 g/mol. The summed E-state index contributed by atoms with van der Waals surface area (Å²) in [4.78, 5) is 6.91. The molecule has 0 rings (SSSR count). The standard InChI is InChI=1S/C4H6N4/c1-6-4(7-2)8-3-5/h1H2,2H3,(H,7,8). The zero-order valence-corrected chi connectivity index (χ0v) is 4.55. The molecule has 0 radical (unpaired) electrons. The fraction of sp³-hybridized carbons (Fsp3) is 0.250. The number of rotatable bonds is 0. The molecule has 0 aliphatic carbocycles. The van der Waals surface area contributed by atoms with Gasteiger partial charge in [-0.25, -0.2) is 4.99 Å². The van der Waals surface area contributed by atoms with Crippen molar-refractivity contribution in [1.29, 1.82) is 5.26 Å². The molecule has 4 heteroatoms. The van der Waals surface area contributed by atoms with Gasteiger partial charge in [0.25, 0.3) is 0 Å². The molecule has 0 heterocycles. The first-order valence-electron chi connectivity index (χ1n) is 1.93. The molecule has 42 valence electrons. The number of hydrogen-bond acceptors (Lipinski definition) is 2. The number of nitrogens with one attached hydrogen (secondary N) is 1. The number of aliphatic imine (C=N–C) groups is 2. The van der Waals surface area contributed by atoms with Crippen LogP contribution in [0.15, 0.2) is 9.98 Å². The van der Waals surface area contributed by atoms with Crippen LogP contribution in [0.4, 0.5) is 0 Å². The van der Waals surface area contributed by atoms with E-state index in [2.05, 4.69) is 22.0 Å². The van der Waals surface area contributed by atoms with Crippen molar-refractivity contribution in [3.63, 3.8) is 0 Å². The summed E-state index contributed by atoms with van der Waals surface area (Å²) >= 11 is 0. The Kier molecular flexibility index (Phi) is 3.16. The summed E-state index contributed by atoms with van der Waals surface area (Å²) in [5.74, 6) is 0.243. The zero-order chi connectivity index (χ0) is 6.41. The maximum Gasteiger partial charge on any atom is 0.230 e. The van der Waals surface area contributed by atoms with E-state index in [0.29, 0.717) is 0 Å². The van der Waals surface area contributed by atoms with Crippen molar-refractivity contribution in [3.8, 4) is 6.19 Å². The molecule has 1 N–H and O–H groups in total. The maximum atomic E-state index is 7.97. The van der Waals surface area contributed by atoms with E-state index in [0.717, 1.165) is 0 Å². The summed E-state index contributed by atoms with van der Waals surface area (Å²) < 4.78 is 0. The Morgan fingerprint density at radius 1 is 1.88 bits per heavy atom. The molecule has 0 spiro atoms. The summed E-state index contributed by atoms with van der Waals surface area (Å²) in [5, 5.41) is 10.2. The van der Waals surface area contributed by atoms with Gasteiger partial charge in [0.05, 0.1) is 0 Å². The second-order valence-corrected chi connectivity index (χ2v) is 0.942. The topological polar surface area (TPSA) is 60.5 Å². The normalized spacial score (nSPS) is 9.75. The van der Waals surface area contributed by atoms with Crippen LogP contribution in [0.5, 0.6) is 0 Å². The van der Waals surface area contributed by atoms with E-state index >= 15 is 0 Å². The van der Waals surface area contributed by atoms with Crippen molar-refractivity contribution < 1.29 is 0 Å². The van der Waals surface area contributed by atoms with Gasteiger partial charge in [-0.05, 0) is 6.72 Å². The van der Waals surface area contributed by atoms with Crippen LogP contribution in [-0.2, 0) is 0 Å². The van der Waals surface area contributed by atoms with Crippen LogP contribution in [0, 0.1) is 11.5 Å². The van der Waals surface area contributed by atoms with Crippen LogP contribution in [0.1, 0.15) is 0 Å². The quantitative estimate of drug-likeness (QED) is 0.202. The Balaban J connectivity index is 3.77. The van der Waals surface area contributed by atoms with Crippen molar-refractivity contribution >= 4 is 12.7 Å². The molecular formula is C4H6N4. The van der Waals surface area contributed by atoms with E-state index < -0.39 is 0 Å². The fourth-order valence-corrected chi connectivity index (χ4v) is 0.216. The monoisotopic (exact) mass is 110 g/mol. The Morgan fingerprint density at radius 2 is 2.50 bits per heavy atom. The third kappa shape index (κ3) is 1.92. The van der Waals surface area contributed by atoms with Crippen LogP contribution >= 0.6 is 0 Å². The highest BCUT2D eigenvalue weighted by Crippen LogP contribution is 1.67. The minimum absolute atomic E-state index is 0.243. The van der Waals surface area contributed by atoms with E-state index in [1.807, 2.05) is 0 Å². The molecule has 0 aliphatic rings. The van der Waals surface area contributed by atoms with Crippen LogP contribution in [0.25, 0.3) is 0 Å². The summed E-state index contributed by atoms with van der Waals surface area (Å²) in [6.07, 6.45) is 1.66. The molecule has 0 aromatic heterocycles. The van der Waals surface area contributed by atoms with Crippen LogP contribution in [-0.4, -0.2) is 19.7 Å². The van der Waals surface area contributed by atoms with Gasteiger partial charge in [0.2, 0.25) is 5.96 Å². The maximum absolute atomic E-state index is 7.97. The Bertz CT molecular complexity index is 141. The van der Waals surface area contributed by atoms with Crippen LogP contribution in [0.3, 0.4) is 0 Å². The van der Waals surface area contributed by atoms with Crippen molar-refractivity contribution in [2.75, 3.05) is 7.05 Å². The predicted molar refractivity (Wildman–Crippen MR) is 31.7 cm³/mol. The Labute approximate surface area is 47.6 Å². The third-order valence-corrected chi connectivity index (χ3v) is 0.529. The SMILES string of the molecule is C=NC(=NC)NC#N. The van der Waals surface area contributed by atoms with Crippen LogP contribution < -0.4 is 5.32 Å². The van der Waals surface area contributed by atoms with Gasteiger partial charge >= 0.3 is 0 Å². The number of hydrogen-bond donors (Lipinski definition) is 1. The van der Waals surface area contributed by atoms with Gasteiger partial charge in [-0.3, -0.25) is 10.3 Å². The molecule has 0 amide bonds. The molecule has 0 atom stereocenters. The average molecular weight is 110 g/mol. The molecule has 0 unspecified atom stereocenters. The third-order valence-electron chi connectivity index (χ3n) is 0.529.